The highest BCUT2D eigenvalue weighted by Gasteiger charge is 2.46. The van der Waals surface area contributed by atoms with E-state index in [0.29, 0.717) is 5.92 Å². The molecule has 3 atom stereocenters. The van der Waals surface area contributed by atoms with E-state index in [9.17, 15) is 0 Å². The Hall–Kier alpha value is -1.22. The molecule has 0 spiro atoms. The molecule has 0 N–H and O–H groups in total. The van der Waals surface area contributed by atoms with Gasteiger partial charge >= 0.3 is 0 Å². The fourth-order valence-electron chi connectivity index (χ4n) is 1.64. The van der Waals surface area contributed by atoms with Crippen molar-refractivity contribution >= 4 is 0 Å². The Morgan fingerprint density at radius 2 is 2.33 bits per heavy atom. The van der Waals surface area contributed by atoms with E-state index in [1.165, 1.54) is 0 Å². The van der Waals surface area contributed by atoms with Crippen molar-refractivity contribution in [3.63, 3.8) is 0 Å². The van der Waals surface area contributed by atoms with Gasteiger partial charge in [0.05, 0.1) is 24.7 Å². The minimum atomic E-state index is -0.0510. The summed E-state index contributed by atoms with van der Waals surface area (Å²) in [6.07, 6.45) is 7.19. The molecule has 1 saturated heterocycles. The largest absolute Gasteiger partial charge is 0.472 e. The molecular formula is C9H8O3. The fraction of sp³-hybridized carbons (Fsp3) is 0.333. The SMILES string of the molecule is C1=CC2C(O1)OC2c1ccoc1. The Kier molecular flexibility index (Phi) is 1.12. The van der Waals surface area contributed by atoms with Crippen LogP contribution < -0.4 is 0 Å². The van der Waals surface area contributed by atoms with Crippen LogP contribution in [0.25, 0.3) is 0 Å². The van der Waals surface area contributed by atoms with Gasteiger partial charge in [0.15, 0.2) is 0 Å². The second-order valence-electron chi connectivity index (χ2n) is 3.02. The molecule has 2 aliphatic rings. The summed E-state index contributed by atoms with van der Waals surface area (Å²) in [6, 6.07) is 1.92. The minimum Gasteiger partial charge on any atom is -0.472 e. The zero-order valence-electron chi connectivity index (χ0n) is 6.34. The Labute approximate surface area is 69.6 Å². The first kappa shape index (κ1) is 6.31. The first-order chi connectivity index (χ1) is 5.95. The topological polar surface area (TPSA) is 31.6 Å². The quantitative estimate of drug-likeness (QED) is 0.634. The van der Waals surface area contributed by atoms with E-state index in [2.05, 4.69) is 0 Å². The van der Waals surface area contributed by atoms with Crippen LogP contribution in [0.15, 0.2) is 35.3 Å². The second-order valence-corrected chi connectivity index (χ2v) is 3.02. The summed E-state index contributed by atoms with van der Waals surface area (Å²) in [7, 11) is 0. The van der Waals surface area contributed by atoms with Crippen LogP contribution in [0.2, 0.25) is 0 Å². The zero-order valence-corrected chi connectivity index (χ0v) is 6.34. The predicted molar refractivity (Wildman–Crippen MR) is 40.0 cm³/mol. The Bertz CT molecular complexity index is 302. The molecule has 0 radical (unpaired) electrons. The van der Waals surface area contributed by atoms with Crippen molar-refractivity contribution in [2.75, 3.05) is 0 Å². The van der Waals surface area contributed by atoms with Gasteiger partial charge in [-0.25, -0.2) is 0 Å². The van der Waals surface area contributed by atoms with Crippen molar-refractivity contribution in [2.24, 2.45) is 5.92 Å². The molecule has 0 aromatic carbocycles. The van der Waals surface area contributed by atoms with E-state index in [4.69, 9.17) is 13.9 Å². The van der Waals surface area contributed by atoms with Crippen LogP contribution in [0.4, 0.5) is 0 Å². The van der Waals surface area contributed by atoms with Crippen molar-refractivity contribution in [1.82, 2.24) is 0 Å². The fourth-order valence-corrected chi connectivity index (χ4v) is 1.64. The number of rotatable bonds is 1. The van der Waals surface area contributed by atoms with Crippen LogP contribution in [-0.2, 0) is 9.47 Å². The van der Waals surface area contributed by atoms with Crippen molar-refractivity contribution in [3.05, 3.63) is 36.5 Å². The highest BCUT2D eigenvalue weighted by Crippen LogP contribution is 2.45. The summed E-state index contributed by atoms with van der Waals surface area (Å²) in [4.78, 5) is 0. The van der Waals surface area contributed by atoms with Crippen molar-refractivity contribution < 1.29 is 13.9 Å². The van der Waals surface area contributed by atoms with Gasteiger partial charge < -0.3 is 13.9 Å². The van der Waals surface area contributed by atoms with Crippen molar-refractivity contribution in [3.8, 4) is 0 Å². The van der Waals surface area contributed by atoms with Gasteiger partial charge in [-0.3, -0.25) is 0 Å². The third kappa shape index (κ3) is 0.689. The number of furan rings is 1. The van der Waals surface area contributed by atoms with E-state index in [-0.39, 0.29) is 12.4 Å². The van der Waals surface area contributed by atoms with Crippen LogP contribution in [0, 0.1) is 5.92 Å². The molecule has 1 aromatic rings. The van der Waals surface area contributed by atoms with Crippen molar-refractivity contribution in [1.29, 1.82) is 0 Å². The molecule has 2 aliphatic heterocycles. The molecule has 1 fully saturated rings. The van der Waals surface area contributed by atoms with E-state index in [1.54, 1.807) is 18.8 Å². The van der Waals surface area contributed by atoms with Gasteiger partial charge in [0.2, 0.25) is 6.29 Å². The van der Waals surface area contributed by atoms with Gasteiger partial charge in [0.25, 0.3) is 0 Å². The average molecular weight is 164 g/mol. The van der Waals surface area contributed by atoms with Gasteiger partial charge in [-0.05, 0) is 12.1 Å². The molecule has 0 saturated carbocycles. The van der Waals surface area contributed by atoms with Crippen LogP contribution in [0.1, 0.15) is 11.7 Å². The number of ether oxygens (including phenoxy) is 2. The maximum Gasteiger partial charge on any atom is 0.208 e. The van der Waals surface area contributed by atoms with Crippen LogP contribution in [0.5, 0.6) is 0 Å². The van der Waals surface area contributed by atoms with Crippen LogP contribution in [-0.4, -0.2) is 6.29 Å². The zero-order chi connectivity index (χ0) is 7.97. The third-order valence-electron chi connectivity index (χ3n) is 2.33. The first-order valence-corrected chi connectivity index (χ1v) is 3.95. The number of fused-ring (bicyclic) bond motifs is 1. The maximum atomic E-state index is 5.46. The standard InChI is InChI=1S/C9H8O3/c1-3-10-5-6(1)8-7-2-4-11-9(7)12-8/h1-5,7-9H. The smallest absolute Gasteiger partial charge is 0.208 e. The summed E-state index contributed by atoms with van der Waals surface area (Å²) < 4.78 is 15.6. The molecule has 0 aliphatic carbocycles. The van der Waals surface area contributed by atoms with E-state index >= 15 is 0 Å². The van der Waals surface area contributed by atoms with Crippen LogP contribution in [0.3, 0.4) is 0 Å². The summed E-state index contributed by atoms with van der Waals surface area (Å²) in [5.41, 5.74) is 1.09. The second kappa shape index (κ2) is 2.14. The highest BCUT2D eigenvalue weighted by atomic mass is 16.7. The molecule has 3 heterocycles. The molecular weight excluding hydrogens is 156 g/mol. The molecule has 3 nitrogen and oxygen atoms in total. The van der Waals surface area contributed by atoms with Gasteiger partial charge in [-0.15, -0.1) is 0 Å². The minimum absolute atomic E-state index is 0.0510. The van der Waals surface area contributed by atoms with Gasteiger partial charge in [0.1, 0.15) is 6.10 Å². The third-order valence-corrected chi connectivity index (χ3v) is 2.33. The van der Waals surface area contributed by atoms with Gasteiger partial charge in [-0.2, -0.15) is 0 Å². The summed E-state index contributed by atoms with van der Waals surface area (Å²) >= 11 is 0. The lowest BCUT2D eigenvalue weighted by atomic mass is 9.92. The molecule has 3 heteroatoms. The predicted octanol–water partition coefficient (Wildman–Crippen LogP) is 1.84. The molecule has 0 amide bonds. The maximum absolute atomic E-state index is 5.46. The molecule has 3 unspecified atom stereocenters. The van der Waals surface area contributed by atoms with E-state index in [1.807, 2.05) is 12.1 Å². The lowest BCUT2D eigenvalue weighted by molar-refractivity contribution is -0.258. The monoisotopic (exact) mass is 164 g/mol. The Morgan fingerprint density at radius 1 is 1.33 bits per heavy atom. The number of hydrogen-bond donors (Lipinski definition) is 0. The molecule has 62 valence electrons. The Balaban J connectivity index is 1.85. The van der Waals surface area contributed by atoms with Crippen LogP contribution >= 0.6 is 0 Å². The molecule has 12 heavy (non-hydrogen) atoms. The molecule has 3 rings (SSSR count). The van der Waals surface area contributed by atoms with Gasteiger partial charge in [-0.1, -0.05) is 0 Å². The lowest BCUT2D eigenvalue weighted by Gasteiger charge is -2.37. The molecule has 0 bridgehead atoms. The Morgan fingerprint density at radius 3 is 3.08 bits per heavy atom. The van der Waals surface area contributed by atoms with Gasteiger partial charge in [0, 0.05) is 5.56 Å². The summed E-state index contributed by atoms with van der Waals surface area (Å²) in [5, 5.41) is 0. The van der Waals surface area contributed by atoms with E-state index < -0.39 is 0 Å². The first-order valence-electron chi connectivity index (χ1n) is 3.95. The highest BCUT2D eigenvalue weighted by molar-refractivity contribution is 5.18. The summed E-state index contributed by atoms with van der Waals surface area (Å²) in [5.74, 6) is 0.377. The average Bonchev–Trinajstić information content (AvgIpc) is 2.62. The summed E-state index contributed by atoms with van der Waals surface area (Å²) in [6.45, 7) is 0. The normalized spacial score (nSPS) is 37.2. The van der Waals surface area contributed by atoms with E-state index in [0.717, 1.165) is 5.56 Å². The van der Waals surface area contributed by atoms with Crippen molar-refractivity contribution in [2.45, 2.75) is 12.4 Å². The lowest BCUT2D eigenvalue weighted by Crippen LogP contribution is -2.39. The molecule has 1 aromatic heterocycles. The number of hydrogen-bond acceptors (Lipinski definition) is 3.